The molecule has 4 nitrogen and oxygen atoms in total. The highest BCUT2D eigenvalue weighted by atomic mass is 15.0. The third-order valence-electron chi connectivity index (χ3n) is 3.65. The average Bonchev–Trinajstić information content (AvgIpc) is 2.44. The maximum atomic E-state index is 4.20. The van der Waals surface area contributed by atoms with Crippen LogP contribution in [-0.4, -0.2) is 27.7 Å². The molecule has 0 aromatic heterocycles. The summed E-state index contributed by atoms with van der Waals surface area (Å²) in [4.78, 5) is 0. The summed E-state index contributed by atoms with van der Waals surface area (Å²) in [5, 5.41) is 13.5. The number of nitrogens with one attached hydrogen (secondary N) is 4. The maximum absolute atomic E-state index is 4.20. The minimum Gasteiger partial charge on any atom is -0.386 e. The third-order valence-corrected chi connectivity index (χ3v) is 3.65. The van der Waals surface area contributed by atoms with E-state index in [1.807, 2.05) is 21.1 Å². The van der Waals surface area contributed by atoms with Crippen LogP contribution in [0.15, 0.2) is 6.58 Å². The molecule has 1 aromatic rings. The molecule has 0 aliphatic rings. The van der Waals surface area contributed by atoms with Crippen LogP contribution in [0.4, 0.5) is 22.7 Å². The van der Waals surface area contributed by atoms with E-state index in [1.54, 1.807) is 0 Å². The van der Waals surface area contributed by atoms with Crippen LogP contribution in [0.5, 0.6) is 0 Å². The quantitative estimate of drug-likeness (QED) is 0.601. The summed E-state index contributed by atoms with van der Waals surface area (Å²) in [6, 6.07) is 0. The Morgan fingerprint density at radius 1 is 0.952 bits per heavy atom. The zero-order valence-electron chi connectivity index (χ0n) is 14.5. The molecule has 0 radical (unpaired) electrons. The molecule has 0 saturated heterocycles. The number of anilines is 4. The van der Waals surface area contributed by atoms with Crippen molar-refractivity contribution in [3.8, 4) is 0 Å². The number of rotatable bonds is 7. The van der Waals surface area contributed by atoms with E-state index in [0.717, 1.165) is 34.9 Å². The van der Waals surface area contributed by atoms with Crippen LogP contribution in [-0.2, 0) is 0 Å². The molecule has 0 atom stereocenters. The molecule has 0 aliphatic heterocycles. The van der Waals surface area contributed by atoms with E-state index in [2.05, 4.69) is 55.5 Å². The lowest BCUT2D eigenvalue weighted by Crippen LogP contribution is -2.13. The standard InChI is InChI=1S/C17H30N4/c1-9-21-15-13(11(4)5)12(10(2)3)14(18-6)16(19-7)17(15)20-8/h10,18-21H,4,9H2,1-3,5-8H3. The minimum absolute atomic E-state index is 0.398. The molecular weight excluding hydrogens is 260 g/mol. The first-order valence-corrected chi connectivity index (χ1v) is 7.61. The Bertz CT molecular complexity index is 518. The molecule has 118 valence electrons. The van der Waals surface area contributed by atoms with E-state index in [-0.39, 0.29) is 0 Å². The third kappa shape index (κ3) is 3.09. The SMILES string of the molecule is C=C(C)c1c(NCC)c(NC)c(NC)c(NC)c1C(C)C. The first kappa shape index (κ1) is 17.2. The summed E-state index contributed by atoms with van der Waals surface area (Å²) >= 11 is 0. The van der Waals surface area contributed by atoms with E-state index in [0.29, 0.717) is 5.92 Å². The summed E-state index contributed by atoms with van der Waals surface area (Å²) in [5.74, 6) is 0.398. The van der Waals surface area contributed by atoms with E-state index in [9.17, 15) is 0 Å². The van der Waals surface area contributed by atoms with Crippen molar-refractivity contribution in [2.45, 2.75) is 33.6 Å². The number of allylic oxidation sites excluding steroid dienone is 1. The Hall–Kier alpha value is -1.84. The Labute approximate surface area is 129 Å². The molecule has 1 aromatic carbocycles. The summed E-state index contributed by atoms with van der Waals surface area (Å²) in [6.45, 7) is 13.7. The second-order valence-corrected chi connectivity index (χ2v) is 5.50. The van der Waals surface area contributed by atoms with Crippen LogP contribution in [0, 0.1) is 0 Å². The smallest absolute Gasteiger partial charge is 0.0836 e. The van der Waals surface area contributed by atoms with Crippen LogP contribution in [0.1, 0.15) is 44.7 Å². The molecule has 0 heterocycles. The topological polar surface area (TPSA) is 48.1 Å². The van der Waals surface area contributed by atoms with Crippen molar-refractivity contribution in [3.05, 3.63) is 17.7 Å². The molecule has 0 aliphatic carbocycles. The highest BCUT2D eigenvalue weighted by molar-refractivity contribution is 6.00. The number of benzene rings is 1. The molecule has 0 unspecified atom stereocenters. The van der Waals surface area contributed by atoms with Gasteiger partial charge in [-0.25, -0.2) is 0 Å². The van der Waals surface area contributed by atoms with Gasteiger partial charge in [0.25, 0.3) is 0 Å². The zero-order chi connectivity index (χ0) is 16.2. The van der Waals surface area contributed by atoms with Gasteiger partial charge in [-0.2, -0.15) is 0 Å². The average molecular weight is 290 g/mol. The monoisotopic (exact) mass is 290 g/mol. The van der Waals surface area contributed by atoms with E-state index in [1.165, 1.54) is 11.1 Å². The van der Waals surface area contributed by atoms with Crippen molar-refractivity contribution >= 4 is 28.3 Å². The number of hydrogen-bond acceptors (Lipinski definition) is 4. The van der Waals surface area contributed by atoms with Gasteiger partial charge in [0, 0.05) is 33.3 Å². The molecule has 4 heteroatoms. The summed E-state index contributed by atoms with van der Waals surface area (Å²) in [6.07, 6.45) is 0. The Balaban J connectivity index is 3.92. The lowest BCUT2D eigenvalue weighted by atomic mass is 9.88. The van der Waals surface area contributed by atoms with Crippen LogP contribution in [0.3, 0.4) is 0 Å². The van der Waals surface area contributed by atoms with Gasteiger partial charge in [-0.3, -0.25) is 0 Å². The van der Waals surface area contributed by atoms with Gasteiger partial charge in [0.05, 0.1) is 22.7 Å². The molecule has 4 N–H and O–H groups in total. The lowest BCUT2D eigenvalue weighted by molar-refractivity contribution is 0.864. The largest absolute Gasteiger partial charge is 0.386 e. The first-order chi connectivity index (χ1) is 9.94. The second-order valence-electron chi connectivity index (χ2n) is 5.50. The predicted molar refractivity (Wildman–Crippen MR) is 98.0 cm³/mol. The highest BCUT2D eigenvalue weighted by Crippen LogP contribution is 2.47. The first-order valence-electron chi connectivity index (χ1n) is 7.61. The van der Waals surface area contributed by atoms with Crippen LogP contribution < -0.4 is 21.3 Å². The van der Waals surface area contributed by atoms with Crippen LogP contribution in [0.2, 0.25) is 0 Å². The van der Waals surface area contributed by atoms with Crippen molar-refractivity contribution in [1.29, 1.82) is 0 Å². The van der Waals surface area contributed by atoms with Gasteiger partial charge in [0.1, 0.15) is 0 Å². The van der Waals surface area contributed by atoms with Crippen molar-refractivity contribution in [2.24, 2.45) is 0 Å². The molecule has 1 rings (SSSR count). The fraction of sp³-hybridized carbons (Fsp3) is 0.529. The van der Waals surface area contributed by atoms with Crippen LogP contribution in [0.25, 0.3) is 5.57 Å². The van der Waals surface area contributed by atoms with Gasteiger partial charge in [-0.05, 0) is 30.9 Å². The van der Waals surface area contributed by atoms with Gasteiger partial charge in [-0.15, -0.1) is 0 Å². The van der Waals surface area contributed by atoms with Crippen LogP contribution >= 0.6 is 0 Å². The highest BCUT2D eigenvalue weighted by Gasteiger charge is 2.24. The predicted octanol–water partition coefficient (Wildman–Crippen LogP) is 4.40. The molecule has 0 amide bonds. The molecule has 0 bridgehead atoms. The fourth-order valence-electron chi connectivity index (χ4n) is 2.90. The lowest BCUT2D eigenvalue weighted by Gasteiger charge is -2.28. The zero-order valence-corrected chi connectivity index (χ0v) is 14.5. The maximum Gasteiger partial charge on any atom is 0.0836 e. The normalized spacial score (nSPS) is 10.5. The molecule has 0 spiro atoms. The van der Waals surface area contributed by atoms with E-state index < -0.39 is 0 Å². The Kier molecular flexibility index (Phi) is 5.94. The van der Waals surface area contributed by atoms with Crippen molar-refractivity contribution < 1.29 is 0 Å². The van der Waals surface area contributed by atoms with Crippen molar-refractivity contribution in [2.75, 3.05) is 49.0 Å². The molecule has 0 saturated carbocycles. The minimum atomic E-state index is 0.398. The fourth-order valence-corrected chi connectivity index (χ4v) is 2.90. The van der Waals surface area contributed by atoms with Gasteiger partial charge in [0.2, 0.25) is 0 Å². The van der Waals surface area contributed by atoms with Gasteiger partial charge < -0.3 is 21.3 Å². The Morgan fingerprint density at radius 2 is 1.43 bits per heavy atom. The van der Waals surface area contributed by atoms with E-state index >= 15 is 0 Å². The second kappa shape index (κ2) is 7.25. The Morgan fingerprint density at radius 3 is 1.76 bits per heavy atom. The molecular formula is C17H30N4. The van der Waals surface area contributed by atoms with Gasteiger partial charge >= 0.3 is 0 Å². The van der Waals surface area contributed by atoms with E-state index in [4.69, 9.17) is 0 Å². The molecule has 21 heavy (non-hydrogen) atoms. The van der Waals surface area contributed by atoms with Crippen molar-refractivity contribution in [1.82, 2.24) is 0 Å². The summed E-state index contributed by atoms with van der Waals surface area (Å²) < 4.78 is 0. The molecule has 0 fully saturated rings. The summed E-state index contributed by atoms with van der Waals surface area (Å²) in [5.41, 5.74) is 8.00. The van der Waals surface area contributed by atoms with Gasteiger partial charge in [0.15, 0.2) is 0 Å². The van der Waals surface area contributed by atoms with Crippen molar-refractivity contribution in [3.63, 3.8) is 0 Å². The van der Waals surface area contributed by atoms with Gasteiger partial charge in [-0.1, -0.05) is 20.4 Å². The number of hydrogen-bond donors (Lipinski definition) is 4. The summed E-state index contributed by atoms with van der Waals surface area (Å²) in [7, 11) is 5.88.